The van der Waals surface area contributed by atoms with Crippen LogP contribution in [0.2, 0.25) is 0 Å². The minimum absolute atomic E-state index is 0.105. The molecule has 0 radical (unpaired) electrons. The zero-order valence-electron chi connectivity index (χ0n) is 15.0. The quantitative estimate of drug-likeness (QED) is 0.712. The van der Waals surface area contributed by atoms with Crippen molar-refractivity contribution in [1.29, 1.82) is 0 Å². The van der Waals surface area contributed by atoms with Crippen molar-refractivity contribution in [3.63, 3.8) is 0 Å². The first-order chi connectivity index (χ1) is 12.4. The summed E-state index contributed by atoms with van der Waals surface area (Å²) in [6, 6.07) is 4.08. The Balaban J connectivity index is 1.94. The molecule has 0 saturated carbocycles. The molecule has 0 aliphatic carbocycles. The molecule has 138 valence electrons. The summed E-state index contributed by atoms with van der Waals surface area (Å²) in [5.41, 5.74) is 1.21. The van der Waals surface area contributed by atoms with Gasteiger partial charge in [-0.05, 0) is 18.6 Å². The number of hydrogen-bond acceptors (Lipinski definition) is 6. The Hall–Kier alpha value is -2.74. The van der Waals surface area contributed by atoms with E-state index in [1.807, 2.05) is 0 Å². The summed E-state index contributed by atoms with van der Waals surface area (Å²) < 4.78 is 4.94. The van der Waals surface area contributed by atoms with E-state index in [1.54, 1.807) is 37.2 Å². The Kier molecular flexibility index (Phi) is 4.78. The molecule has 0 aromatic heterocycles. The zero-order chi connectivity index (χ0) is 19.0. The third-order valence-electron chi connectivity index (χ3n) is 4.72. The molecular weight excluding hydrogens is 338 g/mol. The number of nitrogens with zero attached hydrogens (tertiary/aromatic N) is 3. The molecule has 1 saturated heterocycles. The highest BCUT2D eigenvalue weighted by Crippen LogP contribution is 2.34. The summed E-state index contributed by atoms with van der Waals surface area (Å²) >= 11 is 0. The molecule has 3 rings (SSSR count). The van der Waals surface area contributed by atoms with E-state index in [0.717, 1.165) is 9.80 Å². The van der Waals surface area contributed by atoms with E-state index < -0.39 is 23.8 Å². The predicted molar refractivity (Wildman–Crippen MR) is 92.9 cm³/mol. The average molecular weight is 359 g/mol. The second-order valence-electron chi connectivity index (χ2n) is 6.51. The van der Waals surface area contributed by atoms with Gasteiger partial charge >= 0.3 is 0 Å². The maximum absolute atomic E-state index is 13.0. The molecule has 8 heteroatoms. The van der Waals surface area contributed by atoms with E-state index in [2.05, 4.69) is 0 Å². The lowest BCUT2D eigenvalue weighted by Crippen LogP contribution is -2.56. The highest BCUT2D eigenvalue weighted by molar-refractivity contribution is 6.25. The second kappa shape index (κ2) is 6.87. The van der Waals surface area contributed by atoms with Crippen LogP contribution in [-0.4, -0.2) is 73.8 Å². The number of anilines is 1. The fourth-order valence-corrected chi connectivity index (χ4v) is 3.42. The third kappa shape index (κ3) is 2.76. The number of carbonyl (C=O) groups excluding carboxylic acids is 4. The van der Waals surface area contributed by atoms with E-state index in [1.165, 1.54) is 7.11 Å². The van der Waals surface area contributed by atoms with Crippen LogP contribution in [0.15, 0.2) is 18.2 Å². The van der Waals surface area contributed by atoms with E-state index in [0.29, 0.717) is 11.3 Å². The van der Waals surface area contributed by atoms with Crippen molar-refractivity contribution in [3.8, 4) is 0 Å². The SMILES string of the molecule is COCCN1C(=O)CCC(N2C(=O)c3cccc(N(C)C)c3C2=O)C1=O. The summed E-state index contributed by atoms with van der Waals surface area (Å²) in [6.07, 6.45) is 0.248. The average Bonchev–Trinajstić information content (AvgIpc) is 2.86. The first kappa shape index (κ1) is 18.1. The van der Waals surface area contributed by atoms with Crippen LogP contribution >= 0.6 is 0 Å². The van der Waals surface area contributed by atoms with Crippen LogP contribution in [0.25, 0.3) is 0 Å². The van der Waals surface area contributed by atoms with E-state index in [4.69, 9.17) is 4.74 Å². The fraction of sp³-hybridized carbons (Fsp3) is 0.444. The Labute approximate surface area is 151 Å². The predicted octanol–water partition coefficient (Wildman–Crippen LogP) is 0.513. The van der Waals surface area contributed by atoms with Crippen molar-refractivity contribution in [2.45, 2.75) is 18.9 Å². The van der Waals surface area contributed by atoms with Crippen molar-refractivity contribution in [2.75, 3.05) is 39.3 Å². The highest BCUT2D eigenvalue weighted by atomic mass is 16.5. The molecule has 1 fully saturated rings. The number of methoxy groups -OCH3 is 1. The first-order valence-electron chi connectivity index (χ1n) is 8.39. The van der Waals surface area contributed by atoms with Gasteiger partial charge in [-0.3, -0.25) is 29.0 Å². The smallest absolute Gasteiger partial charge is 0.264 e. The molecule has 0 bridgehead atoms. The standard InChI is InChI=1S/C18H21N3O5/c1-19(2)12-6-4-5-11-15(12)18(25)21(16(11)23)13-7-8-14(22)20(17(13)24)9-10-26-3/h4-6,13H,7-10H2,1-3H3. The zero-order valence-corrected chi connectivity index (χ0v) is 15.0. The number of ether oxygens (including phenoxy) is 1. The lowest BCUT2D eigenvalue weighted by atomic mass is 10.0. The Morgan fingerprint density at radius 1 is 1.15 bits per heavy atom. The van der Waals surface area contributed by atoms with Crippen molar-refractivity contribution >= 4 is 29.3 Å². The molecule has 1 aromatic carbocycles. The molecule has 1 atom stereocenters. The molecule has 2 heterocycles. The second-order valence-corrected chi connectivity index (χ2v) is 6.51. The number of piperidine rings is 1. The molecule has 1 unspecified atom stereocenters. The van der Waals surface area contributed by atoms with Gasteiger partial charge in [-0.1, -0.05) is 6.07 Å². The van der Waals surface area contributed by atoms with Crippen molar-refractivity contribution in [1.82, 2.24) is 9.80 Å². The highest BCUT2D eigenvalue weighted by Gasteiger charge is 2.47. The molecule has 0 spiro atoms. The van der Waals surface area contributed by atoms with Crippen molar-refractivity contribution in [2.24, 2.45) is 0 Å². The molecule has 4 amide bonds. The van der Waals surface area contributed by atoms with Crippen LogP contribution in [0.3, 0.4) is 0 Å². The molecule has 2 aliphatic rings. The largest absolute Gasteiger partial charge is 0.383 e. The van der Waals surface area contributed by atoms with E-state index in [-0.39, 0.29) is 37.5 Å². The fourth-order valence-electron chi connectivity index (χ4n) is 3.42. The topological polar surface area (TPSA) is 87.2 Å². The normalized spacial score (nSPS) is 20.0. The van der Waals surface area contributed by atoms with Gasteiger partial charge in [-0.25, -0.2) is 0 Å². The number of fused-ring (bicyclic) bond motifs is 1. The van der Waals surface area contributed by atoms with Gasteiger partial charge in [0.2, 0.25) is 5.91 Å². The Bertz CT molecular complexity index is 789. The monoisotopic (exact) mass is 359 g/mol. The Morgan fingerprint density at radius 2 is 1.88 bits per heavy atom. The van der Waals surface area contributed by atoms with Gasteiger partial charge < -0.3 is 9.64 Å². The van der Waals surface area contributed by atoms with E-state index in [9.17, 15) is 19.2 Å². The van der Waals surface area contributed by atoms with Crippen molar-refractivity contribution < 1.29 is 23.9 Å². The lowest BCUT2D eigenvalue weighted by Gasteiger charge is -2.34. The molecular formula is C18H21N3O5. The van der Waals surface area contributed by atoms with Gasteiger partial charge in [0.25, 0.3) is 17.7 Å². The van der Waals surface area contributed by atoms with Gasteiger partial charge in [-0.2, -0.15) is 0 Å². The van der Waals surface area contributed by atoms with Gasteiger partial charge in [0.05, 0.1) is 24.3 Å². The molecule has 8 nitrogen and oxygen atoms in total. The Morgan fingerprint density at radius 3 is 2.54 bits per heavy atom. The summed E-state index contributed by atoms with van der Waals surface area (Å²) in [4.78, 5) is 54.5. The van der Waals surface area contributed by atoms with E-state index >= 15 is 0 Å². The number of benzene rings is 1. The molecule has 1 aromatic rings. The van der Waals surface area contributed by atoms with Crippen LogP contribution in [0.4, 0.5) is 5.69 Å². The number of imide groups is 2. The number of likely N-dealkylation sites (tertiary alicyclic amines) is 1. The molecule has 2 aliphatic heterocycles. The summed E-state index contributed by atoms with van der Waals surface area (Å²) in [6.45, 7) is 0.313. The van der Waals surface area contributed by atoms with Crippen molar-refractivity contribution in [3.05, 3.63) is 29.3 Å². The van der Waals surface area contributed by atoms with Gasteiger partial charge in [0.15, 0.2) is 0 Å². The summed E-state index contributed by atoms with van der Waals surface area (Å²) in [5.74, 6) is -1.82. The van der Waals surface area contributed by atoms with Gasteiger partial charge in [0.1, 0.15) is 6.04 Å². The minimum Gasteiger partial charge on any atom is -0.383 e. The van der Waals surface area contributed by atoms with Crippen LogP contribution < -0.4 is 4.90 Å². The molecule has 26 heavy (non-hydrogen) atoms. The lowest BCUT2D eigenvalue weighted by molar-refractivity contribution is -0.152. The van der Waals surface area contributed by atoms with Gasteiger partial charge in [0, 0.05) is 33.3 Å². The van der Waals surface area contributed by atoms with Crippen LogP contribution in [0, 0.1) is 0 Å². The number of amides is 4. The molecule has 0 N–H and O–H groups in total. The maximum Gasteiger partial charge on any atom is 0.264 e. The van der Waals surface area contributed by atoms with Gasteiger partial charge in [-0.15, -0.1) is 0 Å². The first-order valence-corrected chi connectivity index (χ1v) is 8.39. The summed E-state index contributed by atoms with van der Waals surface area (Å²) in [5, 5.41) is 0. The number of rotatable bonds is 5. The number of carbonyl (C=O) groups is 4. The van der Waals surface area contributed by atoms with Crippen LogP contribution in [-0.2, 0) is 14.3 Å². The number of hydrogen-bond donors (Lipinski definition) is 0. The van der Waals surface area contributed by atoms with Crippen LogP contribution in [0.1, 0.15) is 33.6 Å². The van der Waals surface area contributed by atoms with Crippen LogP contribution in [0.5, 0.6) is 0 Å². The summed E-state index contributed by atoms with van der Waals surface area (Å²) in [7, 11) is 5.04. The third-order valence-corrected chi connectivity index (χ3v) is 4.72. The maximum atomic E-state index is 13.0. The minimum atomic E-state index is -0.966.